The van der Waals surface area contributed by atoms with Gasteiger partial charge in [0, 0.05) is 46.6 Å². The van der Waals surface area contributed by atoms with E-state index in [0.29, 0.717) is 21.7 Å². The smallest absolute Gasteiger partial charge is 0.224 e. The largest absolute Gasteiger partial charge is 0.438 e. The van der Waals surface area contributed by atoms with Crippen LogP contribution in [-0.4, -0.2) is 24.0 Å². The third-order valence-corrected chi connectivity index (χ3v) is 5.01. The van der Waals surface area contributed by atoms with Gasteiger partial charge in [0.2, 0.25) is 5.88 Å². The second-order valence-corrected chi connectivity index (χ2v) is 7.29. The van der Waals surface area contributed by atoms with E-state index in [0.717, 1.165) is 27.8 Å². The topological polar surface area (TPSA) is 66.5 Å². The van der Waals surface area contributed by atoms with Crippen molar-refractivity contribution in [1.82, 2.24) is 9.78 Å². The monoisotopic (exact) mass is 386 g/mol. The number of hydrogen-bond acceptors (Lipinski definition) is 7. The first-order chi connectivity index (χ1) is 12.7. The van der Waals surface area contributed by atoms with E-state index in [4.69, 9.17) is 12.8 Å². The van der Waals surface area contributed by atoms with Gasteiger partial charge in [0.25, 0.3) is 0 Å². The minimum atomic E-state index is -0.158. The summed E-state index contributed by atoms with van der Waals surface area (Å²) in [6.45, 7) is 0. The highest BCUT2D eigenvalue weighted by Gasteiger charge is 2.15. The summed E-state index contributed by atoms with van der Waals surface area (Å²) in [6.07, 6.45) is 1.83. The fourth-order valence-electron chi connectivity index (χ4n) is 2.71. The van der Waals surface area contributed by atoms with E-state index < -0.39 is 0 Å². The third-order valence-electron chi connectivity index (χ3n) is 3.75. The first kappa shape index (κ1) is 17.2. The maximum atomic E-state index is 12.7. The van der Waals surface area contributed by atoms with E-state index in [1.807, 2.05) is 36.5 Å². The van der Waals surface area contributed by atoms with Crippen molar-refractivity contribution < 1.29 is 12.8 Å². The molecule has 8 heteroatoms. The Labute approximate surface area is 157 Å². The molecule has 2 heterocycles. The summed E-state index contributed by atoms with van der Waals surface area (Å²) in [5.74, 6) is 0.353. The zero-order chi connectivity index (χ0) is 18.1. The minimum Gasteiger partial charge on any atom is -0.438 e. The molecule has 0 aliphatic carbocycles. The van der Waals surface area contributed by atoms with Crippen molar-refractivity contribution in [2.24, 2.45) is 0 Å². The minimum absolute atomic E-state index is 0.158. The maximum Gasteiger partial charge on any atom is 0.224 e. The predicted molar refractivity (Wildman–Crippen MR) is 103 cm³/mol. The Balaban J connectivity index is 1.93. The van der Waals surface area contributed by atoms with Crippen LogP contribution in [0.4, 0.5) is 0 Å². The van der Waals surface area contributed by atoms with Crippen LogP contribution in [0.2, 0.25) is 0 Å². The number of rotatable bonds is 5. The van der Waals surface area contributed by atoms with Gasteiger partial charge in [-0.2, -0.15) is 5.10 Å². The van der Waals surface area contributed by atoms with Crippen molar-refractivity contribution in [1.29, 1.82) is 0 Å². The Morgan fingerprint density at radius 2 is 1.88 bits per heavy atom. The molecule has 6 nitrogen and oxygen atoms in total. The van der Waals surface area contributed by atoms with Gasteiger partial charge in [0.05, 0.1) is 30.0 Å². The lowest BCUT2D eigenvalue weighted by atomic mass is 10.2. The van der Waals surface area contributed by atoms with Crippen LogP contribution in [0.15, 0.2) is 67.7 Å². The molecule has 26 heavy (non-hydrogen) atoms. The van der Waals surface area contributed by atoms with Gasteiger partial charge in [-0.15, -0.1) is 0 Å². The van der Waals surface area contributed by atoms with Crippen LogP contribution in [0.3, 0.4) is 0 Å². The summed E-state index contributed by atoms with van der Waals surface area (Å²) in [7, 11) is 3.14. The molecular formula is C18H14N2O4S2. The fourth-order valence-corrected chi connectivity index (χ4v) is 3.93. The number of benzene rings is 2. The molecule has 0 amide bonds. The molecule has 0 fully saturated rings. The average Bonchev–Trinajstić information content (AvgIpc) is 3.06. The van der Waals surface area contributed by atoms with E-state index in [-0.39, 0.29) is 5.43 Å². The zero-order valence-electron chi connectivity index (χ0n) is 14.0. The summed E-state index contributed by atoms with van der Waals surface area (Å²) >= 11 is 2.30. The van der Waals surface area contributed by atoms with Crippen molar-refractivity contribution in [2.45, 2.75) is 9.79 Å². The highest BCUT2D eigenvalue weighted by Crippen LogP contribution is 2.33. The van der Waals surface area contributed by atoms with Crippen molar-refractivity contribution in [3.8, 4) is 5.88 Å². The summed E-state index contributed by atoms with van der Waals surface area (Å²) < 4.78 is 17.8. The molecule has 0 bridgehead atoms. The molecule has 4 aromatic rings. The van der Waals surface area contributed by atoms with Crippen LogP contribution >= 0.6 is 24.1 Å². The Hall–Kier alpha value is -2.26. The Morgan fingerprint density at radius 3 is 2.65 bits per heavy atom. The molecule has 0 saturated carbocycles. The van der Waals surface area contributed by atoms with Gasteiger partial charge in [-0.1, -0.05) is 18.2 Å². The van der Waals surface area contributed by atoms with Gasteiger partial charge < -0.3 is 12.8 Å². The summed E-state index contributed by atoms with van der Waals surface area (Å²) in [5.41, 5.74) is 1.12. The van der Waals surface area contributed by atoms with Crippen LogP contribution < -0.4 is 5.43 Å². The standard InChI is InChI=1S/C18H14N2O4S2/c1-22-25-12-7-15-18(16(8-12)26-23-2)14(21)9-17(24-15)20-10-11-5-3-4-6-13(11)19-20/h3-10H,1-2H3. The lowest BCUT2D eigenvalue weighted by Crippen LogP contribution is -2.06. The van der Waals surface area contributed by atoms with Crippen molar-refractivity contribution in [3.05, 3.63) is 58.9 Å². The number of aromatic nitrogens is 2. The van der Waals surface area contributed by atoms with Gasteiger partial charge in [0.15, 0.2) is 5.43 Å². The lowest BCUT2D eigenvalue weighted by Gasteiger charge is -2.08. The molecule has 0 saturated heterocycles. The van der Waals surface area contributed by atoms with E-state index in [1.165, 1.54) is 18.1 Å². The van der Waals surface area contributed by atoms with E-state index >= 15 is 0 Å². The number of nitrogens with zero attached hydrogens (tertiary/aromatic N) is 2. The van der Waals surface area contributed by atoms with Crippen LogP contribution in [0.1, 0.15) is 0 Å². The second kappa shape index (κ2) is 7.16. The Morgan fingerprint density at radius 1 is 1.08 bits per heavy atom. The predicted octanol–water partition coefficient (Wildman–Crippen LogP) is 4.44. The summed E-state index contributed by atoms with van der Waals surface area (Å²) in [5, 5.41) is 5.91. The molecule has 0 N–H and O–H groups in total. The summed E-state index contributed by atoms with van der Waals surface area (Å²) in [4.78, 5) is 14.2. The quantitative estimate of drug-likeness (QED) is 0.470. The van der Waals surface area contributed by atoms with Gasteiger partial charge >= 0.3 is 0 Å². The average molecular weight is 386 g/mol. The highest BCUT2D eigenvalue weighted by molar-refractivity contribution is 7.95. The van der Waals surface area contributed by atoms with Gasteiger partial charge in [-0.05, 0) is 18.2 Å². The normalized spacial score (nSPS) is 11.5. The van der Waals surface area contributed by atoms with Crippen LogP contribution in [-0.2, 0) is 8.37 Å². The summed E-state index contributed by atoms with van der Waals surface area (Å²) in [6, 6.07) is 12.8. The van der Waals surface area contributed by atoms with E-state index in [1.54, 1.807) is 25.0 Å². The molecule has 2 aromatic heterocycles. The van der Waals surface area contributed by atoms with Crippen LogP contribution in [0, 0.1) is 0 Å². The van der Waals surface area contributed by atoms with Crippen LogP contribution in [0.5, 0.6) is 0 Å². The molecular weight excluding hydrogens is 372 g/mol. The Kier molecular flexibility index (Phi) is 4.73. The second-order valence-electron chi connectivity index (χ2n) is 5.38. The SMILES string of the molecule is COSc1cc(SOC)c2c(=O)cc(-n3cc4ccccc4n3)oc2c1. The first-order valence-corrected chi connectivity index (χ1v) is 9.16. The van der Waals surface area contributed by atoms with Gasteiger partial charge in [-0.25, -0.2) is 4.68 Å². The molecule has 0 spiro atoms. The third kappa shape index (κ3) is 3.12. The molecule has 2 aromatic carbocycles. The molecule has 0 aliphatic rings. The van der Waals surface area contributed by atoms with Crippen molar-refractivity contribution in [2.75, 3.05) is 14.2 Å². The molecule has 4 rings (SSSR count). The molecule has 0 radical (unpaired) electrons. The maximum absolute atomic E-state index is 12.7. The molecule has 132 valence electrons. The number of hydrogen-bond donors (Lipinski definition) is 0. The molecule has 0 atom stereocenters. The van der Waals surface area contributed by atoms with Crippen molar-refractivity contribution >= 4 is 46.0 Å². The Bertz CT molecular complexity index is 1120. The van der Waals surface area contributed by atoms with Gasteiger partial charge in [-0.3, -0.25) is 4.79 Å². The molecule has 0 aliphatic heterocycles. The van der Waals surface area contributed by atoms with E-state index in [9.17, 15) is 4.79 Å². The van der Waals surface area contributed by atoms with Crippen molar-refractivity contribution in [3.63, 3.8) is 0 Å². The lowest BCUT2D eigenvalue weighted by molar-refractivity contribution is 0.488. The highest BCUT2D eigenvalue weighted by atomic mass is 32.2. The van der Waals surface area contributed by atoms with Gasteiger partial charge in [0.1, 0.15) is 5.58 Å². The van der Waals surface area contributed by atoms with Crippen LogP contribution in [0.25, 0.3) is 27.8 Å². The molecule has 0 unspecified atom stereocenters. The first-order valence-electron chi connectivity index (χ1n) is 7.67. The zero-order valence-corrected chi connectivity index (χ0v) is 15.6. The van der Waals surface area contributed by atoms with E-state index in [2.05, 4.69) is 5.10 Å². The number of fused-ring (bicyclic) bond motifs is 2. The fraction of sp³-hybridized carbons (Fsp3) is 0.111.